The quantitative estimate of drug-likeness (QED) is 0.888. The summed E-state index contributed by atoms with van der Waals surface area (Å²) in [7, 11) is -3.44. The molecule has 0 heterocycles. The maximum absolute atomic E-state index is 12.3. The molecule has 0 saturated heterocycles. The van der Waals surface area contributed by atoms with Gasteiger partial charge in [-0.3, -0.25) is 0 Å². The van der Waals surface area contributed by atoms with Crippen LogP contribution in [0.2, 0.25) is 0 Å². The molecule has 2 aromatic rings. The molecule has 2 rings (SSSR count). The van der Waals surface area contributed by atoms with Gasteiger partial charge in [0.25, 0.3) is 0 Å². The molecule has 0 aliphatic carbocycles. The molecule has 20 heavy (non-hydrogen) atoms. The van der Waals surface area contributed by atoms with Crippen LogP contribution in [-0.4, -0.2) is 14.5 Å². The first-order valence-corrected chi connectivity index (χ1v) is 8.21. The molecular weight excluding hydrogens is 270 g/mol. The van der Waals surface area contributed by atoms with Crippen LogP contribution < -0.4 is 4.72 Å². The van der Waals surface area contributed by atoms with Crippen molar-refractivity contribution >= 4 is 10.0 Å². The summed E-state index contributed by atoms with van der Waals surface area (Å²) in [6, 6.07) is 18.3. The minimum Gasteiger partial charge on any atom is -0.208 e. The third-order valence-electron chi connectivity index (χ3n) is 3.19. The third-order valence-corrected chi connectivity index (χ3v) is 4.73. The Bertz CT molecular complexity index is 624. The minimum atomic E-state index is -3.44. The second-order valence-electron chi connectivity index (χ2n) is 4.73. The predicted molar refractivity (Wildman–Crippen MR) is 81.0 cm³/mol. The van der Waals surface area contributed by atoms with E-state index in [9.17, 15) is 8.42 Å². The molecule has 0 bridgehead atoms. The van der Waals surface area contributed by atoms with Gasteiger partial charge in [0.1, 0.15) is 0 Å². The van der Waals surface area contributed by atoms with Gasteiger partial charge in [0.05, 0.1) is 4.90 Å². The highest BCUT2D eigenvalue weighted by Crippen LogP contribution is 2.12. The Morgan fingerprint density at radius 3 is 2.05 bits per heavy atom. The Hall–Kier alpha value is -1.65. The lowest BCUT2D eigenvalue weighted by Gasteiger charge is -2.17. The van der Waals surface area contributed by atoms with Gasteiger partial charge in [-0.05, 0) is 30.5 Å². The lowest BCUT2D eigenvalue weighted by Crippen LogP contribution is -2.35. The second-order valence-corrected chi connectivity index (χ2v) is 6.44. The average molecular weight is 289 g/mol. The molecule has 106 valence electrons. The van der Waals surface area contributed by atoms with E-state index in [1.54, 1.807) is 30.3 Å². The average Bonchev–Trinajstić information content (AvgIpc) is 2.48. The van der Waals surface area contributed by atoms with Crippen molar-refractivity contribution in [2.75, 3.05) is 0 Å². The van der Waals surface area contributed by atoms with E-state index >= 15 is 0 Å². The number of rotatable bonds is 6. The van der Waals surface area contributed by atoms with E-state index in [0.29, 0.717) is 11.3 Å². The summed E-state index contributed by atoms with van der Waals surface area (Å²) in [5.74, 6) is 0. The van der Waals surface area contributed by atoms with E-state index in [1.165, 1.54) is 0 Å². The zero-order valence-electron chi connectivity index (χ0n) is 11.5. The van der Waals surface area contributed by atoms with E-state index in [4.69, 9.17) is 0 Å². The van der Waals surface area contributed by atoms with Gasteiger partial charge >= 0.3 is 0 Å². The fourth-order valence-corrected chi connectivity index (χ4v) is 3.40. The third kappa shape index (κ3) is 3.92. The topological polar surface area (TPSA) is 46.2 Å². The maximum Gasteiger partial charge on any atom is 0.240 e. The van der Waals surface area contributed by atoms with E-state index < -0.39 is 10.0 Å². The molecule has 0 amide bonds. The van der Waals surface area contributed by atoms with Gasteiger partial charge in [-0.1, -0.05) is 55.5 Å². The fraction of sp³-hybridized carbons (Fsp3) is 0.250. The number of nitrogens with one attached hydrogen (secondary N) is 1. The van der Waals surface area contributed by atoms with Gasteiger partial charge in [0.15, 0.2) is 0 Å². The van der Waals surface area contributed by atoms with Crippen molar-refractivity contribution in [2.24, 2.45) is 0 Å². The van der Waals surface area contributed by atoms with Crippen LogP contribution in [0.5, 0.6) is 0 Å². The summed E-state index contributed by atoms with van der Waals surface area (Å²) in [4.78, 5) is 0.312. The number of hydrogen-bond acceptors (Lipinski definition) is 2. The molecule has 1 unspecified atom stereocenters. The van der Waals surface area contributed by atoms with Crippen LogP contribution in [0.4, 0.5) is 0 Å². The molecule has 0 radical (unpaired) electrons. The molecule has 1 atom stereocenters. The second kappa shape index (κ2) is 6.68. The van der Waals surface area contributed by atoms with Crippen molar-refractivity contribution in [3.05, 3.63) is 66.2 Å². The van der Waals surface area contributed by atoms with Crippen LogP contribution >= 0.6 is 0 Å². The number of sulfonamides is 1. The van der Waals surface area contributed by atoms with E-state index in [0.717, 1.165) is 12.0 Å². The molecule has 2 aromatic carbocycles. The molecule has 0 spiro atoms. The van der Waals surface area contributed by atoms with Crippen molar-refractivity contribution < 1.29 is 8.42 Å². The summed E-state index contributed by atoms with van der Waals surface area (Å²) in [6.07, 6.45) is 1.45. The van der Waals surface area contributed by atoms with Gasteiger partial charge in [-0.25, -0.2) is 13.1 Å². The standard InChI is InChI=1S/C16H19NO2S/c1-2-15(13-14-9-5-3-6-10-14)17-20(18,19)16-11-7-4-8-12-16/h3-12,15,17H,2,13H2,1H3. The summed E-state index contributed by atoms with van der Waals surface area (Å²) in [5.41, 5.74) is 1.13. The van der Waals surface area contributed by atoms with Gasteiger partial charge in [0.2, 0.25) is 10.0 Å². The van der Waals surface area contributed by atoms with Crippen LogP contribution in [0.25, 0.3) is 0 Å². The first-order chi connectivity index (χ1) is 9.62. The molecular formula is C16H19NO2S. The van der Waals surface area contributed by atoms with Crippen LogP contribution in [-0.2, 0) is 16.4 Å². The van der Waals surface area contributed by atoms with E-state index in [2.05, 4.69) is 4.72 Å². The number of hydrogen-bond donors (Lipinski definition) is 1. The SMILES string of the molecule is CCC(Cc1ccccc1)NS(=O)(=O)c1ccccc1. The van der Waals surface area contributed by atoms with Crippen LogP contribution in [0.1, 0.15) is 18.9 Å². The van der Waals surface area contributed by atoms with Crippen molar-refractivity contribution in [2.45, 2.75) is 30.7 Å². The largest absolute Gasteiger partial charge is 0.240 e. The number of benzene rings is 2. The molecule has 0 saturated carbocycles. The predicted octanol–water partition coefficient (Wildman–Crippen LogP) is 2.99. The van der Waals surface area contributed by atoms with Crippen molar-refractivity contribution in [3.63, 3.8) is 0 Å². The van der Waals surface area contributed by atoms with Crippen molar-refractivity contribution in [1.82, 2.24) is 4.72 Å². The summed E-state index contributed by atoms with van der Waals surface area (Å²) in [6.45, 7) is 1.99. The monoisotopic (exact) mass is 289 g/mol. The van der Waals surface area contributed by atoms with Gasteiger partial charge in [0, 0.05) is 6.04 Å². The minimum absolute atomic E-state index is 0.0948. The normalized spacial score (nSPS) is 13.1. The summed E-state index contributed by atoms with van der Waals surface area (Å²) >= 11 is 0. The summed E-state index contributed by atoms with van der Waals surface area (Å²) in [5, 5.41) is 0. The Morgan fingerprint density at radius 2 is 1.50 bits per heavy atom. The zero-order chi connectivity index (χ0) is 14.4. The lowest BCUT2D eigenvalue weighted by atomic mass is 10.1. The molecule has 1 N–H and O–H groups in total. The summed E-state index contributed by atoms with van der Waals surface area (Å²) < 4.78 is 27.3. The highest BCUT2D eigenvalue weighted by molar-refractivity contribution is 7.89. The van der Waals surface area contributed by atoms with Gasteiger partial charge in [-0.2, -0.15) is 0 Å². The van der Waals surface area contributed by atoms with E-state index in [1.807, 2.05) is 37.3 Å². The molecule has 0 aliphatic rings. The Balaban J connectivity index is 2.10. The molecule has 0 aliphatic heterocycles. The van der Waals surface area contributed by atoms with Crippen LogP contribution in [0.15, 0.2) is 65.6 Å². The maximum atomic E-state index is 12.3. The first-order valence-electron chi connectivity index (χ1n) is 6.73. The van der Waals surface area contributed by atoms with E-state index in [-0.39, 0.29) is 6.04 Å². The molecule has 0 aromatic heterocycles. The first kappa shape index (κ1) is 14.8. The fourth-order valence-electron chi connectivity index (χ4n) is 2.06. The van der Waals surface area contributed by atoms with Gasteiger partial charge in [-0.15, -0.1) is 0 Å². The van der Waals surface area contributed by atoms with Crippen molar-refractivity contribution in [1.29, 1.82) is 0 Å². The Kier molecular flexibility index (Phi) is 4.93. The van der Waals surface area contributed by atoms with Crippen LogP contribution in [0.3, 0.4) is 0 Å². The smallest absolute Gasteiger partial charge is 0.208 e. The zero-order valence-corrected chi connectivity index (χ0v) is 12.3. The molecule has 4 heteroatoms. The highest BCUT2D eigenvalue weighted by Gasteiger charge is 2.18. The molecule has 0 fully saturated rings. The highest BCUT2D eigenvalue weighted by atomic mass is 32.2. The Morgan fingerprint density at radius 1 is 0.950 bits per heavy atom. The lowest BCUT2D eigenvalue weighted by molar-refractivity contribution is 0.537. The Labute approximate surface area is 120 Å². The van der Waals surface area contributed by atoms with Crippen LogP contribution in [0, 0.1) is 0 Å². The van der Waals surface area contributed by atoms with Crippen molar-refractivity contribution in [3.8, 4) is 0 Å². The molecule has 3 nitrogen and oxygen atoms in total. The van der Waals surface area contributed by atoms with Gasteiger partial charge < -0.3 is 0 Å².